The van der Waals surface area contributed by atoms with Gasteiger partial charge >= 0.3 is 0 Å². The predicted molar refractivity (Wildman–Crippen MR) is 83.7 cm³/mol. The highest BCUT2D eigenvalue weighted by Crippen LogP contribution is 2.34. The lowest BCUT2D eigenvalue weighted by molar-refractivity contribution is 0.212. The van der Waals surface area contributed by atoms with E-state index < -0.39 is 0 Å². The van der Waals surface area contributed by atoms with Crippen LogP contribution in [0.5, 0.6) is 5.75 Å². The summed E-state index contributed by atoms with van der Waals surface area (Å²) in [6.45, 7) is 3.90. The van der Waals surface area contributed by atoms with Gasteiger partial charge in [0.05, 0.1) is 13.7 Å². The maximum absolute atomic E-state index is 5.38. The number of nitrogens with zero attached hydrogens (tertiary/aromatic N) is 3. The molecule has 1 aromatic heterocycles. The van der Waals surface area contributed by atoms with Crippen LogP contribution in [0.15, 0.2) is 28.8 Å². The minimum atomic E-state index is 0.400. The van der Waals surface area contributed by atoms with Crippen molar-refractivity contribution in [2.45, 2.75) is 45.2 Å². The van der Waals surface area contributed by atoms with Crippen LogP contribution in [0.3, 0.4) is 0 Å². The zero-order chi connectivity index (χ0) is 15.4. The van der Waals surface area contributed by atoms with Gasteiger partial charge in [0, 0.05) is 12.5 Å². The number of ether oxygens (including phenoxy) is 1. The summed E-state index contributed by atoms with van der Waals surface area (Å²) in [5.41, 5.74) is 1.30. The number of aromatic nitrogens is 2. The molecule has 5 heteroatoms. The molecule has 2 aromatic rings. The lowest BCUT2D eigenvalue weighted by Gasteiger charge is -2.23. The number of hydrogen-bond acceptors (Lipinski definition) is 5. The minimum absolute atomic E-state index is 0.400. The molecule has 0 amide bonds. The molecule has 1 fully saturated rings. The first-order chi connectivity index (χ1) is 10.8. The van der Waals surface area contributed by atoms with E-state index in [9.17, 15) is 0 Å². The Labute approximate surface area is 131 Å². The number of likely N-dealkylation sites (tertiary alicyclic amines) is 1. The zero-order valence-electron chi connectivity index (χ0n) is 13.3. The molecule has 22 heavy (non-hydrogen) atoms. The van der Waals surface area contributed by atoms with E-state index in [1.807, 2.05) is 6.07 Å². The SMILES string of the molecule is CCCc1noc(CN2CCC[C@H]2c2cccc(OC)c2)n1. The average Bonchev–Trinajstić information content (AvgIpc) is 3.18. The van der Waals surface area contributed by atoms with Crippen LogP contribution >= 0.6 is 0 Å². The molecule has 0 spiro atoms. The smallest absolute Gasteiger partial charge is 0.240 e. The Hall–Kier alpha value is -1.88. The van der Waals surface area contributed by atoms with Crippen LogP contribution in [0.1, 0.15) is 49.5 Å². The van der Waals surface area contributed by atoms with Crippen LogP contribution in [-0.2, 0) is 13.0 Å². The van der Waals surface area contributed by atoms with E-state index in [2.05, 4.69) is 40.2 Å². The number of aryl methyl sites for hydroxylation is 1. The van der Waals surface area contributed by atoms with E-state index in [-0.39, 0.29) is 0 Å². The second kappa shape index (κ2) is 6.92. The van der Waals surface area contributed by atoms with E-state index in [1.54, 1.807) is 7.11 Å². The molecule has 0 N–H and O–H groups in total. The molecule has 1 atom stereocenters. The molecule has 0 radical (unpaired) electrons. The molecule has 1 saturated heterocycles. The highest BCUT2D eigenvalue weighted by atomic mass is 16.5. The number of methoxy groups -OCH3 is 1. The molecule has 5 nitrogen and oxygen atoms in total. The fraction of sp³-hybridized carbons (Fsp3) is 0.529. The van der Waals surface area contributed by atoms with Gasteiger partial charge in [-0.3, -0.25) is 4.90 Å². The highest BCUT2D eigenvalue weighted by Gasteiger charge is 2.27. The topological polar surface area (TPSA) is 51.4 Å². The summed E-state index contributed by atoms with van der Waals surface area (Å²) in [5, 5.41) is 4.04. The summed E-state index contributed by atoms with van der Waals surface area (Å²) in [6, 6.07) is 8.73. The predicted octanol–water partition coefficient (Wildman–Crippen LogP) is 3.37. The number of rotatable bonds is 6. The molecule has 1 aliphatic rings. The van der Waals surface area contributed by atoms with Crippen molar-refractivity contribution in [3.63, 3.8) is 0 Å². The molecular formula is C17H23N3O2. The maximum atomic E-state index is 5.38. The molecule has 1 aliphatic heterocycles. The van der Waals surface area contributed by atoms with Gasteiger partial charge in [-0.25, -0.2) is 0 Å². The van der Waals surface area contributed by atoms with Crippen molar-refractivity contribution in [1.82, 2.24) is 15.0 Å². The van der Waals surface area contributed by atoms with E-state index >= 15 is 0 Å². The normalized spacial score (nSPS) is 18.7. The van der Waals surface area contributed by atoms with Crippen molar-refractivity contribution >= 4 is 0 Å². The van der Waals surface area contributed by atoms with E-state index in [4.69, 9.17) is 9.26 Å². The number of hydrogen-bond donors (Lipinski definition) is 0. The Balaban J connectivity index is 1.72. The minimum Gasteiger partial charge on any atom is -0.497 e. The first-order valence-corrected chi connectivity index (χ1v) is 7.99. The monoisotopic (exact) mass is 301 g/mol. The van der Waals surface area contributed by atoms with Crippen LogP contribution in [0.2, 0.25) is 0 Å². The van der Waals surface area contributed by atoms with Gasteiger partial charge in [-0.1, -0.05) is 24.2 Å². The van der Waals surface area contributed by atoms with Crippen molar-refractivity contribution in [2.75, 3.05) is 13.7 Å². The highest BCUT2D eigenvalue weighted by molar-refractivity contribution is 5.31. The second-order valence-corrected chi connectivity index (χ2v) is 5.76. The third kappa shape index (κ3) is 3.30. The van der Waals surface area contributed by atoms with Gasteiger partial charge in [-0.2, -0.15) is 4.98 Å². The van der Waals surface area contributed by atoms with Crippen molar-refractivity contribution in [2.24, 2.45) is 0 Å². The zero-order valence-corrected chi connectivity index (χ0v) is 13.3. The van der Waals surface area contributed by atoms with Crippen molar-refractivity contribution in [3.05, 3.63) is 41.5 Å². The molecule has 0 aliphatic carbocycles. The fourth-order valence-electron chi connectivity index (χ4n) is 3.09. The third-order valence-corrected chi connectivity index (χ3v) is 4.16. The van der Waals surface area contributed by atoms with Crippen LogP contribution in [0, 0.1) is 0 Å². The Morgan fingerprint density at radius 1 is 1.41 bits per heavy atom. The summed E-state index contributed by atoms with van der Waals surface area (Å²) in [6.07, 6.45) is 4.26. The Morgan fingerprint density at radius 2 is 2.32 bits per heavy atom. The van der Waals surface area contributed by atoms with Gasteiger partial charge in [-0.05, 0) is 43.5 Å². The number of benzene rings is 1. The Morgan fingerprint density at radius 3 is 3.14 bits per heavy atom. The summed E-state index contributed by atoms with van der Waals surface area (Å²) >= 11 is 0. The Kier molecular flexibility index (Phi) is 4.73. The molecule has 118 valence electrons. The molecule has 3 rings (SSSR count). The molecule has 2 heterocycles. The first kappa shape index (κ1) is 15.0. The van der Waals surface area contributed by atoms with Crippen LogP contribution in [0.4, 0.5) is 0 Å². The van der Waals surface area contributed by atoms with Gasteiger partial charge in [0.1, 0.15) is 5.75 Å². The van der Waals surface area contributed by atoms with Crippen molar-refractivity contribution < 1.29 is 9.26 Å². The van der Waals surface area contributed by atoms with Crippen LogP contribution in [-0.4, -0.2) is 28.7 Å². The third-order valence-electron chi connectivity index (χ3n) is 4.16. The van der Waals surface area contributed by atoms with Crippen LogP contribution < -0.4 is 4.74 Å². The van der Waals surface area contributed by atoms with Gasteiger partial charge in [0.2, 0.25) is 5.89 Å². The molecule has 1 aromatic carbocycles. The Bertz CT molecular complexity index is 611. The fourth-order valence-corrected chi connectivity index (χ4v) is 3.09. The van der Waals surface area contributed by atoms with E-state index in [1.165, 1.54) is 12.0 Å². The quantitative estimate of drug-likeness (QED) is 0.819. The molecule has 0 unspecified atom stereocenters. The van der Waals surface area contributed by atoms with Gasteiger partial charge in [0.25, 0.3) is 0 Å². The molecule has 0 saturated carbocycles. The molecule has 0 bridgehead atoms. The van der Waals surface area contributed by atoms with Crippen LogP contribution in [0.25, 0.3) is 0 Å². The summed E-state index contributed by atoms with van der Waals surface area (Å²) < 4.78 is 10.7. The first-order valence-electron chi connectivity index (χ1n) is 7.99. The second-order valence-electron chi connectivity index (χ2n) is 5.76. The van der Waals surface area contributed by atoms with Gasteiger partial charge in [-0.15, -0.1) is 0 Å². The average molecular weight is 301 g/mol. The van der Waals surface area contributed by atoms with Crippen molar-refractivity contribution in [1.29, 1.82) is 0 Å². The summed E-state index contributed by atoms with van der Waals surface area (Å²) in [4.78, 5) is 6.90. The lowest BCUT2D eigenvalue weighted by atomic mass is 10.0. The lowest BCUT2D eigenvalue weighted by Crippen LogP contribution is -2.23. The van der Waals surface area contributed by atoms with Gasteiger partial charge in [0.15, 0.2) is 5.82 Å². The van der Waals surface area contributed by atoms with E-state index in [0.717, 1.165) is 49.8 Å². The summed E-state index contributed by atoms with van der Waals surface area (Å²) in [5.74, 6) is 2.44. The summed E-state index contributed by atoms with van der Waals surface area (Å²) in [7, 11) is 1.71. The van der Waals surface area contributed by atoms with Crippen molar-refractivity contribution in [3.8, 4) is 5.75 Å². The van der Waals surface area contributed by atoms with Gasteiger partial charge < -0.3 is 9.26 Å². The van der Waals surface area contributed by atoms with E-state index in [0.29, 0.717) is 6.04 Å². The standard InChI is InChI=1S/C17H23N3O2/c1-3-6-16-18-17(22-19-16)12-20-10-5-9-15(20)13-7-4-8-14(11-13)21-2/h4,7-8,11,15H,3,5-6,9-10,12H2,1-2H3/t15-/m0/s1. The largest absolute Gasteiger partial charge is 0.497 e. The molecular weight excluding hydrogens is 278 g/mol. The maximum Gasteiger partial charge on any atom is 0.240 e.